The smallest absolute Gasteiger partial charge is 0.330 e. The van der Waals surface area contributed by atoms with Crippen LogP contribution in [-0.4, -0.2) is 41.5 Å². The molecule has 1 unspecified atom stereocenters. The van der Waals surface area contributed by atoms with Gasteiger partial charge in [-0.05, 0) is 18.1 Å². The molecule has 1 atom stereocenters. The van der Waals surface area contributed by atoms with Crippen LogP contribution in [0, 0.1) is 5.82 Å². The topological polar surface area (TPSA) is 83.6 Å². The summed E-state index contributed by atoms with van der Waals surface area (Å²) in [5.74, 6) is -2.42. The summed E-state index contributed by atoms with van der Waals surface area (Å²) < 4.78 is 13.3. The third-order valence-electron chi connectivity index (χ3n) is 2.58. The highest BCUT2D eigenvalue weighted by atomic mass is 19.1. The molecule has 0 aliphatic carbocycles. The number of rotatable bonds is 5. The van der Waals surface area contributed by atoms with E-state index < -0.39 is 17.9 Å². The molecule has 98 valence electrons. The second-order valence-electron chi connectivity index (χ2n) is 3.92. The average molecular weight is 254 g/mol. The molecular formula is C12H15FN2O3. The van der Waals surface area contributed by atoms with E-state index in [0.29, 0.717) is 12.0 Å². The lowest BCUT2D eigenvalue weighted by molar-refractivity contribution is -0.145. The van der Waals surface area contributed by atoms with Gasteiger partial charge in [-0.2, -0.15) is 0 Å². The second kappa shape index (κ2) is 6.11. The van der Waals surface area contributed by atoms with Gasteiger partial charge < -0.3 is 15.7 Å². The van der Waals surface area contributed by atoms with Crippen molar-refractivity contribution in [2.75, 3.05) is 13.6 Å². The van der Waals surface area contributed by atoms with Crippen molar-refractivity contribution in [3.8, 4) is 0 Å². The van der Waals surface area contributed by atoms with Gasteiger partial charge in [0.25, 0.3) is 5.91 Å². The highest BCUT2D eigenvalue weighted by Crippen LogP contribution is 2.07. The number of likely N-dealkylation sites (N-methyl/N-ethyl adjacent to an activating group) is 1. The molecule has 0 heterocycles. The van der Waals surface area contributed by atoms with E-state index in [-0.39, 0.29) is 12.4 Å². The maximum absolute atomic E-state index is 13.3. The van der Waals surface area contributed by atoms with Gasteiger partial charge in [0.2, 0.25) is 0 Å². The van der Waals surface area contributed by atoms with Crippen LogP contribution in [0.15, 0.2) is 24.3 Å². The highest BCUT2D eigenvalue weighted by Gasteiger charge is 2.24. The molecule has 0 aliphatic heterocycles. The number of halogens is 1. The van der Waals surface area contributed by atoms with Gasteiger partial charge in [0.1, 0.15) is 5.82 Å². The summed E-state index contributed by atoms with van der Waals surface area (Å²) in [6.07, 6.45) is 0.307. The van der Waals surface area contributed by atoms with Crippen LogP contribution in [-0.2, 0) is 16.0 Å². The number of hydrogen-bond acceptors (Lipinski definition) is 3. The Bertz CT molecular complexity index is 451. The molecule has 0 saturated heterocycles. The standard InChI is InChI=1S/C12H15FN2O3/c1-15(11(16)10(14)12(17)18)7-6-8-4-2-3-5-9(8)13/h2-5,10H,6-7,14H2,1H3,(H,17,18). The minimum absolute atomic E-state index is 0.209. The van der Waals surface area contributed by atoms with E-state index in [2.05, 4.69) is 0 Å². The van der Waals surface area contributed by atoms with Gasteiger partial charge in [0.05, 0.1) is 0 Å². The molecule has 18 heavy (non-hydrogen) atoms. The van der Waals surface area contributed by atoms with Crippen molar-refractivity contribution < 1.29 is 19.1 Å². The summed E-state index contributed by atoms with van der Waals surface area (Å²) in [6, 6.07) is 4.65. The van der Waals surface area contributed by atoms with Crippen LogP contribution in [0.25, 0.3) is 0 Å². The van der Waals surface area contributed by atoms with E-state index in [9.17, 15) is 14.0 Å². The van der Waals surface area contributed by atoms with Crippen LogP contribution in [0.1, 0.15) is 5.56 Å². The molecule has 0 fully saturated rings. The number of nitrogens with zero attached hydrogens (tertiary/aromatic N) is 1. The Balaban J connectivity index is 2.56. The normalized spacial score (nSPS) is 11.9. The molecular weight excluding hydrogens is 239 g/mol. The summed E-state index contributed by atoms with van der Waals surface area (Å²) in [6.45, 7) is 0.209. The van der Waals surface area contributed by atoms with Gasteiger partial charge in [-0.1, -0.05) is 18.2 Å². The minimum atomic E-state index is -1.57. The molecule has 1 aromatic rings. The maximum Gasteiger partial charge on any atom is 0.330 e. The van der Waals surface area contributed by atoms with Crippen molar-refractivity contribution in [3.05, 3.63) is 35.6 Å². The molecule has 6 heteroatoms. The van der Waals surface area contributed by atoms with E-state index in [4.69, 9.17) is 10.8 Å². The Labute approximate surface area is 104 Å². The highest BCUT2D eigenvalue weighted by molar-refractivity contribution is 6.00. The van der Waals surface area contributed by atoms with Crippen molar-refractivity contribution in [1.29, 1.82) is 0 Å². The number of hydrogen-bond donors (Lipinski definition) is 2. The van der Waals surface area contributed by atoms with Crippen LogP contribution < -0.4 is 5.73 Å². The lowest BCUT2D eigenvalue weighted by Gasteiger charge is -2.19. The molecule has 1 rings (SSSR count). The molecule has 0 spiro atoms. The fraction of sp³-hybridized carbons (Fsp3) is 0.333. The fourth-order valence-corrected chi connectivity index (χ4v) is 1.44. The van der Waals surface area contributed by atoms with Gasteiger partial charge in [-0.3, -0.25) is 4.79 Å². The monoisotopic (exact) mass is 254 g/mol. The average Bonchev–Trinajstić information content (AvgIpc) is 2.35. The fourth-order valence-electron chi connectivity index (χ4n) is 1.44. The summed E-state index contributed by atoms with van der Waals surface area (Å²) in [5.41, 5.74) is 5.67. The Morgan fingerprint density at radius 2 is 2.06 bits per heavy atom. The van der Waals surface area contributed by atoms with Gasteiger partial charge in [0, 0.05) is 13.6 Å². The largest absolute Gasteiger partial charge is 0.480 e. The summed E-state index contributed by atoms with van der Waals surface area (Å²) in [7, 11) is 1.44. The predicted octanol–water partition coefficient (Wildman–Crippen LogP) is 0.239. The number of benzene rings is 1. The molecule has 0 saturated carbocycles. The number of aliphatic carboxylic acids is 1. The first-order chi connectivity index (χ1) is 8.43. The summed E-state index contributed by atoms with van der Waals surface area (Å²) in [4.78, 5) is 23.2. The predicted molar refractivity (Wildman–Crippen MR) is 63.4 cm³/mol. The number of amides is 1. The third-order valence-corrected chi connectivity index (χ3v) is 2.58. The summed E-state index contributed by atoms with van der Waals surface area (Å²) in [5, 5.41) is 8.60. The van der Waals surface area contributed by atoms with Gasteiger partial charge in [-0.15, -0.1) is 0 Å². The van der Waals surface area contributed by atoms with Gasteiger partial charge in [-0.25, -0.2) is 9.18 Å². The van der Waals surface area contributed by atoms with Crippen molar-refractivity contribution in [2.45, 2.75) is 12.5 Å². The number of carboxylic acid groups (broad SMARTS) is 1. The lowest BCUT2D eigenvalue weighted by atomic mass is 10.1. The first-order valence-electron chi connectivity index (χ1n) is 5.40. The first-order valence-corrected chi connectivity index (χ1v) is 5.40. The number of carbonyl (C=O) groups is 2. The summed E-state index contributed by atoms with van der Waals surface area (Å²) >= 11 is 0. The van der Waals surface area contributed by atoms with Crippen molar-refractivity contribution in [3.63, 3.8) is 0 Å². The SMILES string of the molecule is CN(CCc1ccccc1F)C(=O)C(N)C(=O)O. The minimum Gasteiger partial charge on any atom is -0.480 e. The molecule has 0 aromatic heterocycles. The molecule has 0 aliphatic rings. The van der Waals surface area contributed by atoms with Crippen LogP contribution >= 0.6 is 0 Å². The van der Waals surface area contributed by atoms with E-state index >= 15 is 0 Å². The van der Waals surface area contributed by atoms with E-state index in [1.54, 1.807) is 18.2 Å². The zero-order chi connectivity index (χ0) is 13.7. The van der Waals surface area contributed by atoms with Crippen LogP contribution in [0.5, 0.6) is 0 Å². The third kappa shape index (κ3) is 3.53. The quantitative estimate of drug-likeness (QED) is 0.737. The first kappa shape index (κ1) is 14.1. The Hall–Kier alpha value is -1.95. The maximum atomic E-state index is 13.3. The van der Waals surface area contributed by atoms with E-state index in [1.165, 1.54) is 18.0 Å². The Kier molecular flexibility index (Phi) is 4.79. The lowest BCUT2D eigenvalue weighted by Crippen LogP contribution is -2.47. The van der Waals surface area contributed by atoms with Crippen molar-refractivity contribution >= 4 is 11.9 Å². The molecule has 5 nitrogen and oxygen atoms in total. The molecule has 0 bridgehead atoms. The zero-order valence-electron chi connectivity index (χ0n) is 9.97. The van der Waals surface area contributed by atoms with E-state index in [1.807, 2.05) is 0 Å². The molecule has 1 aromatic carbocycles. The van der Waals surface area contributed by atoms with Crippen LogP contribution in [0.4, 0.5) is 4.39 Å². The molecule has 1 amide bonds. The second-order valence-corrected chi connectivity index (χ2v) is 3.92. The van der Waals surface area contributed by atoms with Crippen molar-refractivity contribution in [1.82, 2.24) is 4.90 Å². The number of nitrogens with two attached hydrogens (primary N) is 1. The number of carbonyl (C=O) groups excluding carboxylic acids is 1. The zero-order valence-corrected chi connectivity index (χ0v) is 9.97. The van der Waals surface area contributed by atoms with Gasteiger partial charge in [0.15, 0.2) is 6.04 Å². The van der Waals surface area contributed by atoms with Gasteiger partial charge >= 0.3 is 5.97 Å². The Morgan fingerprint density at radius 1 is 1.44 bits per heavy atom. The van der Waals surface area contributed by atoms with Crippen LogP contribution in [0.3, 0.4) is 0 Å². The van der Waals surface area contributed by atoms with E-state index in [0.717, 1.165) is 0 Å². The Morgan fingerprint density at radius 3 is 2.61 bits per heavy atom. The molecule has 3 N–H and O–H groups in total. The molecule has 0 radical (unpaired) electrons. The number of carboxylic acids is 1. The van der Waals surface area contributed by atoms with Crippen LogP contribution in [0.2, 0.25) is 0 Å². The van der Waals surface area contributed by atoms with Crippen molar-refractivity contribution in [2.24, 2.45) is 5.73 Å².